The first-order valence-corrected chi connectivity index (χ1v) is 5.58. The van der Waals surface area contributed by atoms with Crippen LogP contribution in [0.25, 0.3) is 0 Å². The van der Waals surface area contributed by atoms with Gasteiger partial charge in [-0.2, -0.15) is 0 Å². The highest BCUT2D eigenvalue weighted by Crippen LogP contribution is 2.23. The normalized spacial score (nSPS) is 16.9. The summed E-state index contributed by atoms with van der Waals surface area (Å²) in [5.74, 6) is -0.496. The molecule has 1 aromatic carbocycles. The number of nitrogens with zero attached hydrogens (tertiary/aromatic N) is 1. The van der Waals surface area contributed by atoms with Gasteiger partial charge in [0.05, 0.1) is 12.7 Å². The third-order valence-corrected chi connectivity index (χ3v) is 2.98. The van der Waals surface area contributed by atoms with Crippen molar-refractivity contribution in [2.45, 2.75) is 32.0 Å². The lowest BCUT2D eigenvalue weighted by molar-refractivity contribution is -0.00975. The van der Waals surface area contributed by atoms with Crippen molar-refractivity contribution in [2.75, 3.05) is 0 Å². The largest absolute Gasteiger partial charge is 0.409 e. The minimum absolute atomic E-state index is 0.102. The highest BCUT2D eigenvalue weighted by molar-refractivity contribution is 5.97. The smallest absolute Gasteiger partial charge is 0.170 e. The van der Waals surface area contributed by atoms with E-state index in [1.54, 1.807) is 12.1 Å². The third-order valence-electron chi connectivity index (χ3n) is 2.98. The predicted octanol–water partition coefficient (Wildman–Crippen LogP) is 1.99. The molecule has 0 saturated heterocycles. The van der Waals surface area contributed by atoms with Crippen LogP contribution < -0.4 is 5.73 Å². The summed E-state index contributed by atoms with van der Waals surface area (Å²) in [6.45, 7) is 0.271. The van der Waals surface area contributed by atoms with Gasteiger partial charge >= 0.3 is 0 Å². The van der Waals surface area contributed by atoms with E-state index in [0.29, 0.717) is 11.1 Å². The van der Waals surface area contributed by atoms with E-state index in [9.17, 15) is 4.39 Å². The van der Waals surface area contributed by atoms with Crippen molar-refractivity contribution >= 4 is 5.84 Å². The van der Waals surface area contributed by atoms with Crippen molar-refractivity contribution in [3.05, 3.63) is 35.1 Å². The zero-order valence-corrected chi connectivity index (χ0v) is 9.40. The first kappa shape index (κ1) is 11.9. The number of hydrogen-bond acceptors (Lipinski definition) is 3. The van der Waals surface area contributed by atoms with Crippen LogP contribution in [0, 0.1) is 5.82 Å². The average Bonchev–Trinajstić information content (AvgIpc) is 2.28. The molecule has 0 heterocycles. The summed E-state index contributed by atoms with van der Waals surface area (Å²) in [5.41, 5.74) is 6.22. The number of halogens is 1. The molecule has 17 heavy (non-hydrogen) atoms. The van der Waals surface area contributed by atoms with Gasteiger partial charge in [0.15, 0.2) is 5.84 Å². The molecule has 4 nitrogen and oxygen atoms in total. The van der Waals surface area contributed by atoms with Gasteiger partial charge in [-0.15, -0.1) is 0 Å². The Bertz CT molecular complexity index is 431. The van der Waals surface area contributed by atoms with Crippen molar-refractivity contribution in [2.24, 2.45) is 10.9 Å². The lowest BCUT2D eigenvalue weighted by Crippen LogP contribution is -2.21. The molecular weight excluding hydrogens is 223 g/mol. The number of benzene rings is 1. The predicted molar refractivity (Wildman–Crippen MR) is 61.3 cm³/mol. The Hall–Kier alpha value is -1.62. The van der Waals surface area contributed by atoms with Crippen LogP contribution in [0.3, 0.4) is 0 Å². The molecular formula is C12H15FN2O2. The van der Waals surface area contributed by atoms with Gasteiger partial charge in [-0.1, -0.05) is 17.3 Å². The molecule has 1 aromatic rings. The number of rotatable bonds is 4. The van der Waals surface area contributed by atoms with E-state index >= 15 is 0 Å². The van der Waals surface area contributed by atoms with Crippen LogP contribution in [-0.2, 0) is 11.3 Å². The van der Waals surface area contributed by atoms with Gasteiger partial charge in [-0.25, -0.2) is 4.39 Å². The molecule has 0 bridgehead atoms. The molecule has 0 atom stereocenters. The molecule has 0 aliphatic heterocycles. The summed E-state index contributed by atoms with van der Waals surface area (Å²) in [6, 6.07) is 4.45. The number of oxime groups is 1. The highest BCUT2D eigenvalue weighted by Gasteiger charge is 2.18. The number of amidine groups is 1. The molecule has 1 aliphatic rings. The zero-order valence-electron chi connectivity index (χ0n) is 9.40. The molecule has 0 unspecified atom stereocenters. The van der Waals surface area contributed by atoms with Crippen molar-refractivity contribution in [3.63, 3.8) is 0 Å². The fraction of sp³-hybridized carbons (Fsp3) is 0.417. The van der Waals surface area contributed by atoms with Crippen molar-refractivity contribution in [3.8, 4) is 0 Å². The molecule has 92 valence electrons. The van der Waals surface area contributed by atoms with Crippen LogP contribution in [0.5, 0.6) is 0 Å². The first-order chi connectivity index (χ1) is 8.20. The van der Waals surface area contributed by atoms with E-state index in [1.165, 1.54) is 12.5 Å². The van der Waals surface area contributed by atoms with E-state index in [0.717, 1.165) is 12.8 Å². The Kier molecular flexibility index (Phi) is 3.58. The average molecular weight is 238 g/mol. The maximum Gasteiger partial charge on any atom is 0.170 e. The molecule has 3 N–H and O–H groups in total. The van der Waals surface area contributed by atoms with E-state index in [-0.39, 0.29) is 18.5 Å². The fourth-order valence-electron chi connectivity index (χ4n) is 1.63. The molecule has 2 rings (SSSR count). The van der Waals surface area contributed by atoms with Gasteiger partial charge in [0.1, 0.15) is 5.82 Å². The Morgan fingerprint density at radius 1 is 1.53 bits per heavy atom. The second kappa shape index (κ2) is 5.14. The summed E-state index contributed by atoms with van der Waals surface area (Å²) in [7, 11) is 0. The third kappa shape index (κ3) is 2.74. The van der Waals surface area contributed by atoms with Gasteiger partial charge in [-0.05, 0) is 25.3 Å². The molecule has 0 aromatic heterocycles. The molecule has 1 saturated carbocycles. The van der Waals surface area contributed by atoms with E-state index in [4.69, 9.17) is 15.7 Å². The minimum Gasteiger partial charge on any atom is -0.409 e. The molecule has 5 heteroatoms. The zero-order chi connectivity index (χ0) is 12.3. The summed E-state index contributed by atoms with van der Waals surface area (Å²) in [6.07, 6.45) is 3.58. The maximum atomic E-state index is 13.6. The first-order valence-electron chi connectivity index (χ1n) is 5.58. The van der Waals surface area contributed by atoms with Gasteiger partial charge in [0, 0.05) is 11.1 Å². The lowest BCUT2D eigenvalue weighted by Gasteiger charge is -2.25. The van der Waals surface area contributed by atoms with Crippen LogP contribution >= 0.6 is 0 Å². The molecule has 1 fully saturated rings. The van der Waals surface area contributed by atoms with Crippen molar-refractivity contribution < 1.29 is 14.3 Å². The highest BCUT2D eigenvalue weighted by atomic mass is 19.1. The topological polar surface area (TPSA) is 67.8 Å². The van der Waals surface area contributed by atoms with Gasteiger partial charge in [0.2, 0.25) is 0 Å². The number of ether oxygens (including phenoxy) is 1. The van der Waals surface area contributed by atoms with E-state index in [1.807, 2.05) is 0 Å². The fourth-order valence-corrected chi connectivity index (χ4v) is 1.63. The van der Waals surface area contributed by atoms with Gasteiger partial charge in [-0.3, -0.25) is 0 Å². The monoisotopic (exact) mass is 238 g/mol. The van der Waals surface area contributed by atoms with Gasteiger partial charge < -0.3 is 15.7 Å². The van der Waals surface area contributed by atoms with E-state index in [2.05, 4.69) is 5.16 Å². The molecule has 0 radical (unpaired) electrons. The Morgan fingerprint density at radius 2 is 2.29 bits per heavy atom. The SMILES string of the molecule is N/C(=N\O)c1ccc(COC2CCC2)c(F)c1. The quantitative estimate of drug-likeness (QED) is 0.365. The minimum atomic E-state index is -0.395. The Morgan fingerprint density at radius 3 is 2.82 bits per heavy atom. The molecule has 1 aliphatic carbocycles. The lowest BCUT2D eigenvalue weighted by atomic mass is 9.96. The van der Waals surface area contributed by atoms with Crippen LogP contribution in [0.4, 0.5) is 4.39 Å². The van der Waals surface area contributed by atoms with Gasteiger partial charge in [0.25, 0.3) is 0 Å². The Balaban J connectivity index is 2.03. The summed E-state index contributed by atoms with van der Waals surface area (Å²) in [4.78, 5) is 0. The van der Waals surface area contributed by atoms with Crippen LogP contribution in [0.2, 0.25) is 0 Å². The van der Waals surface area contributed by atoms with Crippen LogP contribution in [-0.4, -0.2) is 17.1 Å². The summed E-state index contributed by atoms with van der Waals surface area (Å²) in [5, 5.41) is 11.3. The van der Waals surface area contributed by atoms with E-state index < -0.39 is 5.82 Å². The van der Waals surface area contributed by atoms with Crippen LogP contribution in [0.15, 0.2) is 23.4 Å². The standard InChI is InChI=1S/C12H15FN2O2/c13-11-6-8(12(14)15-16)4-5-9(11)7-17-10-2-1-3-10/h4-6,10,16H,1-3,7H2,(H2,14,15). The summed E-state index contributed by atoms with van der Waals surface area (Å²) >= 11 is 0. The second-order valence-corrected chi connectivity index (χ2v) is 4.16. The molecule has 0 spiro atoms. The maximum absolute atomic E-state index is 13.6. The van der Waals surface area contributed by atoms with Crippen molar-refractivity contribution in [1.29, 1.82) is 0 Å². The Labute approximate surface area is 98.9 Å². The second-order valence-electron chi connectivity index (χ2n) is 4.16. The number of nitrogens with two attached hydrogens (primary N) is 1. The molecule has 0 amide bonds. The summed E-state index contributed by atoms with van der Waals surface area (Å²) < 4.78 is 19.2. The van der Waals surface area contributed by atoms with Crippen LogP contribution in [0.1, 0.15) is 30.4 Å². The number of hydrogen-bond donors (Lipinski definition) is 2. The van der Waals surface area contributed by atoms with Crippen molar-refractivity contribution in [1.82, 2.24) is 0 Å².